The Morgan fingerprint density at radius 2 is 2.07 bits per heavy atom. The predicted octanol–water partition coefficient (Wildman–Crippen LogP) is 2.91. The zero-order valence-electron chi connectivity index (χ0n) is 16.1. The molecular formula is C20H27BrN2O4S. The molecule has 2 unspecified atom stereocenters. The number of thioether (sulfide) groups is 1. The van der Waals surface area contributed by atoms with Crippen molar-refractivity contribution in [1.29, 1.82) is 0 Å². The molecule has 0 spiro atoms. The molecule has 0 saturated carbocycles. The van der Waals surface area contributed by atoms with Gasteiger partial charge >= 0.3 is 0 Å². The summed E-state index contributed by atoms with van der Waals surface area (Å²) < 4.78 is 12.0. The molecule has 2 aliphatic heterocycles. The van der Waals surface area contributed by atoms with Crippen molar-refractivity contribution >= 4 is 39.5 Å². The van der Waals surface area contributed by atoms with Crippen LogP contribution in [0.25, 0.3) is 0 Å². The Morgan fingerprint density at radius 3 is 2.79 bits per heavy atom. The Kier molecular flexibility index (Phi) is 8.20. The van der Waals surface area contributed by atoms with Gasteiger partial charge in [0.05, 0.1) is 18.8 Å². The van der Waals surface area contributed by atoms with Gasteiger partial charge in [0, 0.05) is 23.5 Å². The molecule has 0 bridgehead atoms. The first-order valence-electron chi connectivity index (χ1n) is 9.66. The van der Waals surface area contributed by atoms with Crippen LogP contribution in [0.4, 0.5) is 0 Å². The summed E-state index contributed by atoms with van der Waals surface area (Å²) in [7, 11) is 0. The second-order valence-electron chi connectivity index (χ2n) is 7.08. The first-order valence-corrected chi connectivity index (χ1v) is 11.8. The summed E-state index contributed by atoms with van der Waals surface area (Å²) in [5.41, 5.74) is 0.536. The van der Waals surface area contributed by atoms with Gasteiger partial charge in [-0.3, -0.25) is 9.59 Å². The quantitative estimate of drug-likeness (QED) is 0.663. The summed E-state index contributed by atoms with van der Waals surface area (Å²) in [5.74, 6) is 0.749. The maximum absolute atomic E-state index is 13.2. The molecule has 0 radical (unpaired) electrons. The Morgan fingerprint density at radius 1 is 1.32 bits per heavy atom. The molecule has 1 aromatic carbocycles. The van der Waals surface area contributed by atoms with E-state index in [0.29, 0.717) is 38.3 Å². The Labute approximate surface area is 178 Å². The molecule has 2 fully saturated rings. The summed E-state index contributed by atoms with van der Waals surface area (Å²) in [6.45, 7) is 2.56. The van der Waals surface area contributed by atoms with Gasteiger partial charge < -0.3 is 19.7 Å². The highest BCUT2D eigenvalue weighted by Gasteiger charge is 2.35. The Hall–Kier alpha value is -1.09. The normalized spacial score (nSPS) is 21.5. The number of nitrogens with one attached hydrogen (secondary N) is 1. The highest BCUT2D eigenvalue weighted by Crippen LogP contribution is 2.25. The van der Waals surface area contributed by atoms with E-state index in [1.54, 1.807) is 17.8 Å². The highest BCUT2D eigenvalue weighted by molar-refractivity contribution is 9.10. The van der Waals surface area contributed by atoms with E-state index in [0.717, 1.165) is 23.1 Å². The van der Waals surface area contributed by atoms with Gasteiger partial charge in [-0.05, 0) is 59.3 Å². The molecule has 2 atom stereocenters. The maximum Gasteiger partial charge on any atom is 0.253 e. The van der Waals surface area contributed by atoms with Gasteiger partial charge in [-0.2, -0.15) is 11.8 Å². The smallest absolute Gasteiger partial charge is 0.253 e. The van der Waals surface area contributed by atoms with Crippen LogP contribution in [0.3, 0.4) is 0 Å². The van der Waals surface area contributed by atoms with Crippen molar-refractivity contribution in [2.75, 3.05) is 38.3 Å². The van der Waals surface area contributed by atoms with Crippen LogP contribution in [0.1, 0.15) is 29.6 Å². The van der Waals surface area contributed by atoms with Crippen LogP contribution >= 0.6 is 27.7 Å². The standard InChI is InChI=1S/C20H27BrN2O4S/c1-28-12-8-17(22-18(24)15-6-2-3-7-16(15)21)19(25)23-9-4-5-14(13-23)20-26-10-11-27-20/h2-3,6-7,14,17,20H,4-5,8-13H2,1H3,(H,22,24). The fourth-order valence-electron chi connectivity index (χ4n) is 3.68. The Balaban J connectivity index is 1.66. The van der Waals surface area contributed by atoms with Crippen molar-refractivity contribution in [3.05, 3.63) is 34.3 Å². The molecule has 6 nitrogen and oxygen atoms in total. The van der Waals surface area contributed by atoms with Crippen molar-refractivity contribution in [3.63, 3.8) is 0 Å². The molecule has 2 amide bonds. The van der Waals surface area contributed by atoms with E-state index in [4.69, 9.17) is 9.47 Å². The van der Waals surface area contributed by atoms with Crippen LogP contribution in [0.2, 0.25) is 0 Å². The lowest BCUT2D eigenvalue weighted by Crippen LogP contribution is -2.52. The zero-order chi connectivity index (χ0) is 19.9. The SMILES string of the molecule is CSCCC(NC(=O)c1ccccc1Br)C(=O)N1CCCC(C2OCCO2)C1. The Bertz CT molecular complexity index is 684. The van der Waals surface area contributed by atoms with E-state index in [9.17, 15) is 9.59 Å². The fraction of sp³-hybridized carbons (Fsp3) is 0.600. The van der Waals surface area contributed by atoms with Crippen LogP contribution in [-0.2, 0) is 14.3 Å². The van der Waals surface area contributed by atoms with Crippen LogP contribution < -0.4 is 5.32 Å². The molecule has 1 aromatic rings. The number of carbonyl (C=O) groups is 2. The van der Waals surface area contributed by atoms with Crippen LogP contribution in [-0.4, -0.2) is 67.4 Å². The number of hydrogen-bond donors (Lipinski definition) is 1. The van der Waals surface area contributed by atoms with Crippen molar-refractivity contribution in [2.24, 2.45) is 5.92 Å². The number of ether oxygens (including phenoxy) is 2. The molecule has 0 aromatic heterocycles. The predicted molar refractivity (Wildman–Crippen MR) is 113 cm³/mol. The lowest BCUT2D eigenvalue weighted by Gasteiger charge is -2.36. The third kappa shape index (κ3) is 5.49. The third-order valence-electron chi connectivity index (χ3n) is 5.13. The number of carbonyl (C=O) groups excluding carboxylic acids is 2. The van der Waals surface area contributed by atoms with E-state index in [2.05, 4.69) is 21.2 Å². The third-order valence-corrected chi connectivity index (χ3v) is 6.47. The van der Waals surface area contributed by atoms with Crippen LogP contribution in [0.5, 0.6) is 0 Å². The molecule has 2 aliphatic rings. The first-order chi connectivity index (χ1) is 13.6. The minimum Gasteiger partial charge on any atom is -0.350 e. The second kappa shape index (κ2) is 10.6. The largest absolute Gasteiger partial charge is 0.350 e. The van der Waals surface area contributed by atoms with Gasteiger partial charge in [-0.1, -0.05) is 12.1 Å². The molecule has 28 heavy (non-hydrogen) atoms. The van der Waals surface area contributed by atoms with Crippen LogP contribution in [0, 0.1) is 5.92 Å². The molecule has 154 valence electrons. The minimum absolute atomic E-state index is 0.0165. The molecule has 1 N–H and O–H groups in total. The zero-order valence-corrected chi connectivity index (χ0v) is 18.5. The van der Waals surface area contributed by atoms with E-state index >= 15 is 0 Å². The molecule has 0 aliphatic carbocycles. The lowest BCUT2D eigenvalue weighted by atomic mass is 9.96. The van der Waals surface area contributed by atoms with Crippen LogP contribution in [0.15, 0.2) is 28.7 Å². The van der Waals surface area contributed by atoms with Gasteiger partial charge in [0.15, 0.2) is 6.29 Å². The number of halogens is 1. The summed E-state index contributed by atoms with van der Waals surface area (Å²) in [5, 5.41) is 2.95. The lowest BCUT2D eigenvalue weighted by molar-refractivity contribution is -0.141. The molecule has 3 rings (SSSR count). The monoisotopic (exact) mass is 470 g/mol. The number of likely N-dealkylation sites (tertiary alicyclic amines) is 1. The topological polar surface area (TPSA) is 67.9 Å². The van der Waals surface area contributed by atoms with E-state index in [1.165, 1.54) is 0 Å². The summed E-state index contributed by atoms with van der Waals surface area (Å²) >= 11 is 5.08. The maximum atomic E-state index is 13.2. The van der Waals surface area contributed by atoms with E-state index in [-0.39, 0.29) is 24.0 Å². The van der Waals surface area contributed by atoms with E-state index in [1.807, 2.05) is 29.4 Å². The second-order valence-corrected chi connectivity index (χ2v) is 8.92. The van der Waals surface area contributed by atoms with Gasteiger partial charge in [0.2, 0.25) is 5.91 Å². The van der Waals surface area contributed by atoms with Crippen molar-refractivity contribution < 1.29 is 19.1 Å². The van der Waals surface area contributed by atoms with Gasteiger partial charge in [0.1, 0.15) is 6.04 Å². The first kappa shape index (κ1) is 21.6. The molecule has 2 heterocycles. The van der Waals surface area contributed by atoms with Crippen molar-refractivity contribution in [3.8, 4) is 0 Å². The van der Waals surface area contributed by atoms with Gasteiger partial charge in [-0.15, -0.1) is 0 Å². The van der Waals surface area contributed by atoms with Crippen molar-refractivity contribution in [2.45, 2.75) is 31.6 Å². The number of piperidine rings is 1. The molecule has 2 saturated heterocycles. The van der Waals surface area contributed by atoms with Crippen molar-refractivity contribution in [1.82, 2.24) is 10.2 Å². The number of rotatable bonds is 7. The average Bonchev–Trinajstić information content (AvgIpc) is 3.26. The number of hydrogen-bond acceptors (Lipinski definition) is 5. The summed E-state index contributed by atoms with van der Waals surface area (Å²) in [4.78, 5) is 27.8. The van der Waals surface area contributed by atoms with Gasteiger partial charge in [-0.25, -0.2) is 0 Å². The molecule has 8 heteroatoms. The number of amides is 2. The van der Waals surface area contributed by atoms with Gasteiger partial charge in [0.25, 0.3) is 5.91 Å². The molecular weight excluding hydrogens is 444 g/mol. The minimum atomic E-state index is -0.531. The number of benzene rings is 1. The van der Waals surface area contributed by atoms with E-state index < -0.39 is 6.04 Å². The highest BCUT2D eigenvalue weighted by atomic mass is 79.9. The number of nitrogens with zero attached hydrogens (tertiary/aromatic N) is 1. The summed E-state index contributed by atoms with van der Waals surface area (Å²) in [6, 6.07) is 6.72. The average molecular weight is 471 g/mol. The summed E-state index contributed by atoms with van der Waals surface area (Å²) in [6.07, 6.45) is 4.31. The fourth-order valence-corrected chi connectivity index (χ4v) is 4.61.